The standard InChI is InChI=1S/C8H8N2O2S2/c9-14(11,12)8-4-2-1-3-7(8)5-10-6-13/h1-4H,5H2,(H2,9,11,12). The first kappa shape index (κ1) is 11.0. The smallest absolute Gasteiger partial charge is 0.228 e. The van der Waals surface area contributed by atoms with Gasteiger partial charge in [0.1, 0.15) is 0 Å². The summed E-state index contributed by atoms with van der Waals surface area (Å²) in [6.45, 7) is 0.177. The third kappa shape index (κ3) is 2.71. The third-order valence-electron chi connectivity index (χ3n) is 1.59. The predicted molar refractivity (Wildman–Crippen MR) is 56.5 cm³/mol. The van der Waals surface area contributed by atoms with Crippen LogP contribution in [0.5, 0.6) is 0 Å². The summed E-state index contributed by atoms with van der Waals surface area (Å²) in [6.07, 6.45) is 0. The maximum Gasteiger partial charge on any atom is 0.238 e. The molecule has 0 heterocycles. The second-order valence-electron chi connectivity index (χ2n) is 2.56. The zero-order chi connectivity index (χ0) is 10.6. The van der Waals surface area contributed by atoms with Gasteiger partial charge in [0.2, 0.25) is 10.0 Å². The van der Waals surface area contributed by atoms with Gasteiger partial charge in [-0.15, -0.1) is 0 Å². The summed E-state index contributed by atoms with van der Waals surface area (Å²) in [6, 6.07) is 6.38. The number of benzene rings is 1. The van der Waals surface area contributed by atoms with Gasteiger partial charge in [0, 0.05) is 0 Å². The van der Waals surface area contributed by atoms with Crippen LogP contribution in [0, 0.1) is 0 Å². The minimum Gasteiger partial charge on any atom is -0.228 e. The fourth-order valence-corrected chi connectivity index (χ4v) is 1.86. The van der Waals surface area contributed by atoms with Gasteiger partial charge in [-0.25, -0.2) is 18.5 Å². The summed E-state index contributed by atoms with van der Waals surface area (Å²) >= 11 is 4.39. The predicted octanol–water partition coefficient (Wildman–Crippen LogP) is 0.937. The van der Waals surface area contributed by atoms with Crippen LogP contribution in [-0.2, 0) is 16.6 Å². The van der Waals surface area contributed by atoms with E-state index in [2.05, 4.69) is 22.4 Å². The molecule has 1 aromatic rings. The minimum atomic E-state index is -3.69. The average Bonchev–Trinajstić information content (AvgIpc) is 2.14. The van der Waals surface area contributed by atoms with Gasteiger partial charge in [0.05, 0.1) is 16.6 Å². The van der Waals surface area contributed by atoms with Crippen LogP contribution in [0.25, 0.3) is 0 Å². The second-order valence-corrected chi connectivity index (χ2v) is 4.27. The van der Waals surface area contributed by atoms with E-state index in [1.807, 2.05) is 0 Å². The highest BCUT2D eigenvalue weighted by molar-refractivity contribution is 7.89. The van der Waals surface area contributed by atoms with E-state index in [0.717, 1.165) is 0 Å². The van der Waals surface area contributed by atoms with Crippen molar-refractivity contribution in [3.8, 4) is 0 Å². The number of rotatable bonds is 3. The zero-order valence-corrected chi connectivity index (χ0v) is 8.81. The van der Waals surface area contributed by atoms with Crippen molar-refractivity contribution in [3.63, 3.8) is 0 Å². The van der Waals surface area contributed by atoms with E-state index < -0.39 is 10.0 Å². The summed E-state index contributed by atoms with van der Waals surface area (Å²) in [7, 11) is -3.69. The molecule has 0 aliphatic carbocycles. The summed E-state index contributed by atoms with van der Waals surface area (Å²) in [5, 5.41) is 7.18. The van der Waals surface area contributed by atoms with Crippen LogP contribution in [0.1, 0.15) is 5.56 Å². The Labute approximate surface area is 87.5 Å². The Hall–Kier alpha value is -1.07. The lowest BCUT2D eigenvalue weighted by molar-refractivity contribution is 0.596. The lowest BCUT2D eigenvalue weighted by atomic mass is 10.2. The molecule has 0 bridgehead atoms. The van der Waals surface area contributed by atoms with Gasteiger partial charge in [-0.2, -0.15) is 0 Å². The van der Waals surface area contributed by atoms with Crippen molar-refractivity contribution in [2.24, 2.45) is 10.1 Å². The Balaban J connectivity index is 3.23. The number of sulfonamides is 1. The van der Waals surface area contributed by atoms with Crippen LogP contribution >= 0.6 is 12.2 Å². The average molecular weight is 228 g/mol. The Morgan fingerprint density at radius 3 is 2.64 bits per heavy atom. The molecule has 0 atom stereocenters. The van der Waals surface area contributed by atoms with E-state index in [1.54, 1.807) is 18.2 Å². The normalized spacial score (nSPS) is 10.6. The molecule has 0 amide bonds. The second kappa shape index (κ2) is 4.43. The SMILES string of the molecule is NS(=O)(=O)c1ccccc1CN=C=S. The molecule has 14 heavy (non-hydrogen) atoms. The molecule has 0 spiro atoms. The van der Waals surface area contributed by atoms with Crippen LogP contribution in [0.15, 0.2) is 34.2 Å². The van der Waals surface area contributed by atoms with Crippen molar-refractivity contribution in [1.29, 1.82) is 0 Å². The van der Waals surface area contributed by atoms with Crippen molar-refractivity contribution in [2.75, 3.05) is 0 Å². The first-order chi connectivity index (χ1) is 6.55. The maximum atomic E-state index is 11.1. The molecule has 0 aromatic heterocycles. The van der Waals surface area contributed by atoms with Gasteiger partial charge < -0.3 is 0 Å². The van der Waals surface area contributed by atoms with Gasteiger partial charge in [-0.1, -0.05) is 18.2 Å². The quantitative estimate of drug-likeness (QED) is 0.618. The summed E-state index contributed by atoms with van der Waals surface area (Å²) < 4.78 is 22.2. The molecule has 0 saturated carbocycles. The third-order valence-corrected chi connectivity index (χ3v) is 2.73. The Morgan fingerprint density at radius 1 is 1.43 bits per heavy atom. The minimum absolute atomic E-state index is 0.0778. The molecule has 0 aliphatic rings. The Bertz CT molecular complexity index is 476. The highest BCUT2D eigenvalue weighted by atomic mass is 32.2. The number of hydrogen-bond acceptors (Lipinski definition) is 4. The summed E-state index contributed by atoms with van der Waals surface area (Å²) in [5.74, 6) is 0. The zero-order valence-electron chi connectivity index (χ0n) is 7.17. The lowest BCUT2D eigenvalue weighted by Gasteiger charge is -2.03. The first-order valence-corrected chi connectivity index (χ1v) is 5.65. The number of nitrogens with zero attached hydrogens (tertiary/aromatic N) is 1. The lowest BCUT2D eigenvalue weighted by Crippen LogP contribution is -2.14. The molecular weight excluding hydrogens is 220 g/mol. The first-order valence-electron chi connectivity index (χ1n) is 3.70. The summed E-state index contributed by atoms with van der Waals surface area (Å²) in [5.41, 5.74) is 0.521. The van der Waals surface area contributed by atoms with Crippen LogP contribution in [0.2, 0.25) is 0 Å². The van der Waals surface area contributed by atoms with Gasteiger partial charge in [-0.05, 0) is 23.8 Å². The molecule has 74 valence electrons. The van der Waals surface area contributed by atoms with Crippen molar-refractivity contribution in [3.05, 3.63) is 29.8 Å². The number of hydrogen-bond donors (Lipinski definition) is 1. The van der Waals surface area contributed by atoms with Gasteiger partial charge in [0.25, 0.3) is 0 Å². The summed E-state index contributed by atoms with van der Waals surface area (Å²) in [4.78, 5) is 3.74. The fourth-order valence-electron chi connectivity index (χ4n) is 1.03. The molecule has 1 aromatic carbocycles. The molecule has 1 rings (SSSR count). The van der Waals surface area contributed by atoms with E-state index in [4.69, 9.17) is 5.14 Å². The Morgan fingerprint density at radius 2 is 2.07 bits per heavy atom. The van der Waals surface area contributed by atoms with Crippen molar-refractivity contribution < 1.29 is 8.42 Å². The van der Waals surface area contributed by atoms with Gasteiger partial charge >= 0.3 is 0 Å². The number of nitrogens with two attached hydrogens (primary N) is 1. The number of isothiocyanates is 1. The molecule has 0 unspecified atom stereocenters. The molecular formula is C8H8N2O2S2. The Kier molecular flexibility index (Phi) is 3.49. The molecule has 0 aliphatic heterocycles. The molecule has 4 nitrogen and oxygen atoms in total. The maximum absolute atomic E-state index is 11.1. The molecule has 0 radical (unpaired) electrons. The topological polar surface area (TPSA) is 72.5 Å². The van der Waals surface area contributed by atoms with E-state index in [-0.39, 0.29) is 11.4 Å². The van der Waals surface area contributed by atoms with E-state index in [9.17, 15) is 8.42 Å². The van der Waals surface area contributed by atoms with E-state index in [1.165, 1.54) is 6.07 Å². The van der Waals surface area contributed by atoms with E-state index in [0.29, 0.717) is 5.56 Å². The van der Waals surface area contributed by atoms with Crippen LogP contribution in [0.4, 0.5) is 0 Å². The number of thiocarbonyl (C=S) groups is 1. The highest BCUT2D eigenvalue weighted by Gasteiger charge is 2.11. The number of aliphatic imine (C=N–C) groups is 1. The number of primary sulfonamides is 1. The highest BCUT2D eigenvalue weighted by Crippen LogP contribution is 2.14. The van der Waals surface area contributed by atoms with Crippen molar-refractivity contribution >= 4 is 27.4 Å². The molecule has 6 heteroatoms. The van der Waals surface area contributed by atoms with Gasteiger partial charge in [0.15, 0.2) is 0 Å². The van der Waals surface area contributed by atoms with Crippen LogP contribution in [-0.4, -0.2) is 13.6 Å². The fraction of sp³-hybridized carbons (Fsp3) is 0.125. The molecule has 2 N–H and O–H groups in total. The van der Waals surface area contributed by atoms with Crippen LogP contribution in [0.3, 0.4) is 0 Å². The van der Waals surface area contributed by atoms with Crippen molar-refractivity contribution in [2.45, 2.75) is 11.4 Å². The molecule has 0 saturated heterocycles. The van der Waals surface area contributed by atoms with E-state index >= 15 is 0 Å². The molecule has 0 fully saturated rings. The largest absolute Gasteiger partial charge is 0.238 e. The van der Waals surface area contributed by atoms with Crippen LogP contribution < -0.4 is 5.14 Å². The van der Waals surface area contributed by atoms with Gasteiger partial charge in [-0.3, -0.25) is 0 Å². The monoisotopic (exact) mass is 228 g/mol. The van der Waals surface area contributed by atoms with Crippen molar-refractivity contribution in [1.82, 2.24) is 0 Å².